The number of benzene rings is 2. The van der Waals surface area contributed by atoms with Crippen LogP contribution in [0.1, 0.15) is 23.6 Å². The summed E-state index contributed by atoms with van der Waals surface area (Å²) in [5, 5.41) is 0. The third kappa shape index (κ3) is 6.87. The fraction of sp³-hybridized carbons (Fsp3) is 0.320. The molecule has 14 nitrogen and oxygen atoms in total. The van der Waals surface area contributed by atoms with E-state index in [1.807, 2.05) is 13.8 Å². The van der Waals surface area contributed by atoms with Gasteiger partial charge in [-0.2, -0.15) is 4.98 Å². The Morgan fingerprint density at radius 3 is 2.05 bits per heavy atom. The van der Waals surface area contributed by atoms with Crippen LogP contribution in [-0.2, 0) is 18.2 Å². The molecule has 0 amide bonds. The Kier molecular flexibility index (Phi) is 8.06. The van der Waals surface area contributed by atoms with Gasteiger partial charge in [-0.1, -0.05) is 35.4 Å². The molecule has 2 heterocycles. The predicted octanol–water partition coefficient (Wildman–Crippen LogP) is 3.89. The summed E-state index contributed by atoms with van der Waals surface area (Å²) in [5.74, 6) is -0.715. The van der Waals surface area contributed by atoms with E-state index < -0.39 is 39.1 Å². The van der Waals surface area contributed by atoms with Crippen LogP contribution < -0.4 is 20.3 Å². The topological polar surface area (TPSA) is 201 Å². The molecular weight excluding hydrogens is 576 g/mol. The average Bonchev–Trinajstić information content (AvgIpc) is 3.29. The van der Waals surface area contributed by atoms with Gasteiger partial charge in [-0.25, -0.2) is 14.1 Å². The van der Waals surface area contributed by atoms with E-state index in [1.54, 1.807) is 53.1 Å². The lowest BCUT2D eigenvalue weighted by atomic mass is 9.70. The molecule has 1 aliphatic carbocycles. The van der Waals surface area contributed by atoms with Crippen LogP contribution in [0.15, 0.2) is 59.7 Å². The lowest BCUT2D eigenvalue weighted by Crippen LogP contribution is -2.43. The van der Waals surface area contributed by atoms with Crippen LogP contribution in [0.3, 0.4) is 0 Å². The normalized spacial score (nSPS) is 21.5. The van der Waals surface area contributed by atoms with Crippen LogP contribution in [0.2, 0.25) is 0 Å². The molecule has 5 N–H and O–H groups in total. The molecule has 0 bridgehead atoms. The highest BCUT2D eigenvalue weighted by atomic mass is 31.2. The summed E-state index contributed by atoms with van der Waals surface area (Å²) >= 11 is 0. The maximum absolute atomic E-state index is 12.7. The van der Waals surface area contributed by atoms with Crippen molar-refractivity contribution < 1.29 is 37.0 Å². The summed E-state index contributed by atoms with van der Waals surface area (Å²) < 4.78 is 48.0. The lowest BCUT2D eigenvalue weighted by molar-refractivity contribution is -0.00444. The molecule has 16 heteroatoms. The molecule has 2 unspecified atom stereocenters. The number of hydrogen-bond acceptors (Lipinski definition) is 10. The largest absolute Gasteiger partial charge is 0.527 e. The maximum Gasteiger partial charge on any atom is 0.527 e. The molecule has 2 aromatic heterocycles. The number of imidazole rings is 1. The molecule has 0 radical (unpaired) electrons. The third-order valence-corrected chi connectivity index (χ3v) is 8.65. The van der Waals surface area contributed by atoms with Crippen molar-refractivity contribution >= 4 is 32.8 Å². The van der Waals surface area contributed by atoms with Crippen molar-refractivity contribution in [3.63, 3.8) is 0 Å². The number of rotatable bonds is 11. The van der Waals surface area contributed by atoms with Gasteiger partial charge in [0.05, 0.1) is 19.5 Å². The Balaban J connectivity index is 1.32. The highest BCUT2D eigenvalue weighted by Gasteiger charge is 2.46. The number of aromatic amines is 1. The Labute approximate surface area is 234 Å². The van der Waals surface area contributed by atoms with Crippen LogP contribution in [0.4, 0.5) is 5.95 Å². The number of hydrogen-bond donors (Lipinski definition) is 4. The Morgan fingerprint density at radius 1 is 0.951 bits per heavy atom. The number of nitrogens with one attached hydrogen (secondary N) is 1. The molecule has 218 valence electrons. The standard InChI is InChI=1S/C25H29N5O9P2/c1-15-3-7-18(8-4-15)38-40(32,33)36-12-17-11-21(30-14-27-22-23(30)28-25(26)29-24(22)31)20(17)13-37-41(34,35)39-19-9-5-16(2)6-10-19/h3-10,14,17,20-21H,11-13H2,1-2H3,(H,32,33)(H,34,35)(H3,26,28,29,31)/t17-,20-,21-/m1/s1. The van der Waals surface area contributed by atoms with Crippen molar-refractivity contribution in [1.82, 2.24) is 19.5 Å². The molecule has 1 aliphatic rings. The van der Waals surface area contributed by atoms with E-state index in [4.69, 9.17) is 23.8 Å². The van der Waals surface area contributed by atoms with E-state index in [-0.39, 0.29) is 41.8 Å². The van der Waals surface area contributed by atoms with Crippen LogP contribution >= 0.6 is 15.6 Å². The number of nitrogens with zero attached hydrogens (tertiary/aromatic N) is 3. The fourth-order valence-corrected chi connectivity index (χ4v) is 6.23. The lowest BCUT2D eigenvalue weighted by Gasteiger charge is -2.45. The molecule has 1 saturated carbocycles. The second-order valence-corrected chi connectivity index (χ2v) is 12.6. The number of fused-ring (bicyclic) bond motifs is 1. The quantitative estimate of drug-likeness (QED) is 0.180. The van der Waals surface area contributed by atoms with Crippen molar-refractivity contribution in [2.45, 2.75) is 26.3 Å². The fourth-order valence-electron chi connectivity index (χ4n) is 4.61. The van der Waals surface area contributed by atoms with Gasteiger partial charge in [0.2, 0.25) is 5.95 Å². The first-order valence-electron chi connectivity index (χ1n) is 12.6. The van der Waals surface area contributed by atoms with Crippen LogP contribution in [0.5, 0.6) is 11.5 Å². The Hall–Kier alpha value is -3.51. The number of nitrogens with two attached hydrogens (primary N) is 1. The summed E-state index contributed by atoms with van der Waals surface area (Å²) in [5.41, 5.74) is 7.40. The Morgan fingerprint density at radius 2 is 1.49 bits per heavy atom. The molecule has 0 spiro atoms. The van der Waals surface area contributed by atoms with Gasteiger partial charge in [-0.05, 0) is 50.5 Å². The second-order valence-electron chi connectivity index (χ2n) is 9.84. The van der Waals surface area contributed by atoms with Gasteiger partial charge in [-0.3, -0.25) is 28.6 Å². The molecule has 0 aliphatic heterocycles. The molecule has 5 atom stereocenters. The van der Waals surface area contributed by atoms with E-state index in [9.17, 15) is 23.7 Å². The number of phosphoric acid groups is 2. The molecule has 5 rings (SSSR count). The van der Waals surface area contributed by atoms with Crippen molar-refractivity contribution in [2.24, 2.45) is 11.8 Å². The van der Waals surface area contributed by atoms with Crippen molar-refractivity contribution in [1.29, 1.82) is 0 Å². The predicted molar refractivity (Wildman–Crippen MR) is 148 cm³/mol. The van der Waals surface area contributed by atoms with Gasteiger partial charge in [0.1, 0.15) is 11.5 Å². The number of anilines is 1. The summed E-state index contributed by atoms with van der Waals surface area (Å²) in [6.45, 7) is 3.23. The van der Waals surface area contributed by atoms with Crippen LogP contribution in [0.25, 0.3) is 11.2 Å². The minimum Gasteiger partial charge on any atom is -0.404 e. The minimum absolute atomic E-state index is 0.0699. The number of aryl methyl sites for hydroxylation is 2. The minimum atomic E-state index is -4.54. The first kappa shape index (κ1) is 29.0. The molecule has 0 saturated heterocycles. The van der Waals surface area contributed by atoms with Gasteiger partial charge >= 0.3 is 15.6 Å². The van der Waals surface area contributed by atoms with Crippen molar-refractivity contribution in [2.75, 3.05) is 18.9 Å². The average molecular weight is 605 g/mol. The van der Waals surface area contributed by atoms with Gasteiger partial charge < -0.3 is 19.3 Å². The van der Waals surface area contributed by atoms with Crippen molar-refractivity contribution in [3.05, 3.63) is 76.3 Å². The third-order valence-electron chi connectivity index (χ3n) is 6.82. The van der Waals surface area contributed by atoms with E-state index >= 15 is 0 Å². The number of H-pyrrole nitrogens is 1. The highest BCUT2D eigenvalue weighted by molar-refractivity contribution is 7.48. The monoisotopic (exact) mass is 605 g/mol. The van der Waals surface area contributed by atoms with Gasteiger partial charge in [-0.15, -0.1) is 0 Å². The van der Waals surface area contributed by atoms with E-state index in [1.165, 1.54) is 6.33 Å². The molecule has 41 heavy (non-hydrogen) atoms. The molecular formula is C25H29N5O9P2. The molecule has 1 fully saturated rings. The summed E-state index contributed by atoms with van der Waals surface area (Å²) in [6, 6.07) is 12.7. The first-order valence-corrected chi connectivity index (χ1v) is 15.6. The highest BCUT2D eigenvalue weighted by Crippen LogP contribution is 2.52. The zero-order valence-electron chi connectivity index (χ0n) is 22.1. The van der Waals surface area contributed by atoms with E-state index in [0.717, 1.165) is 11.1 Å². The second kappa shape index (κ2) is 11.4. The number of nitrogen functional groups attached to an aromatic ring is 1. The van der Waals surface area contributed by atoms with Crippen LogP contribution in [0, 0.1) is 25.7 Å². The van der Waals surface area contributed by atoms with E-state index in [2.05, 4.69) is 15.0 Å². The summed E-state index contributed by atoms with van der Waals surface area (Å²) in [6.07, 6.45) is 1.80. The SMILES string of the molecule is Cc1ccc(OP(=O)(O)OC[C@H]2C[C@@H](n3cnc4c(=O)[nH]c(N)nc43)[C@@H]2COP(=O)(O)Oc2ccc(C)cc2)cc1. The van der Waals surface area contributed by atoms with Gasteiger partial charge in [0, 0.05) is 12.0 Å². The van der Waals surface area contributed by atoms with Gasteiger partial charge in [0.25, 0.3) is 5.56 Å². The molecule has 2 aromatic carbocycles. The zero-order chi connectivity index (χ0) is 29.4. The smallest absolute Gasteiger partial charge is 0.404 e. The number of phosphoric ester groups is 2. The van der Waals surface area contributed by atoms with Gasteiger partial charge in [0.15, 0.2) is 11.2 Å². The summed E-state index contributed by atoms with van der Waals surface area (Å²) in [4.78, 5) is 43.6. The number of aromatic nitrogens is 4. The molecule has 4 aromatic rings. The van der Waals surface area contributed by atoms with Crippen molar-refractivity contribution in [3.8, 4) is 11.5 Å². The Bertz CT molecular complexity index is 1690. The maximum atomic E-state index is 12.7. The summed E-state index contributed by atoms with van der Waals surface area (Å²) in [7, 11) is -9.03. The van der Waals surface area contributed by atoms with E-state index in [0.29, 0.717) is 6.42 Å². The zero-order valence-corrected chi connectivity index (χ0v) is 23.9. The van der Waals surface area contributed by atoms with Crippen LogP contribution in [-0.4, -0.2) is 42.5 Å². The first-order chi connectivity index (χ1) is 19.4.